The van der Waals surface area contributed by atoms with Crippen LogP contribution in [0.5, 0.6) is 0 Å². The Labute approximate surface area is 153 Å². The number of nitrogens with zero attached hydrogens (tertiary/aromatic N) is 1. The van der Waals surface area contributed by atoms with E-state index in [0.29, 0.717) is 23.6 Å². The van der Waals surface area contributed by atoms with E-state index in [2.05, 4.69) is 15.6 Å². The molecule has 6 heteroatoms. The number of rotatable bonds is 6. The second-order valence-corrected chi connectivity index (χ2v) is 6.16. The first-order chi connectivity index (χ1) is 12.4. The van der Waals surface area contributed by atoms with E-state index in [1.165, 1.54) is 19.2 Å². The molecule has 0 saturated heterocycles. The minimum Gasteiger partial charge on any atom is -0.380 e. The van der Waals surface area contributed by atoms with Crippen molar-refractivity contribution >= 4 is 5.96 Å². The van der Waals surface area contributed by atoms with Gasteiger partial charge in [-0.15, -0.1) is 0 Å². The number of hydrogen-bond donors (Lipinski definition) is 2. The highest BCUT2D eigenvalue weighted by Crippen LogP contribution is 2.16. The largest absolute Gasteiger partial charge is 0.380 e. The van der Waals surface area contributed by atoms with E-state index in [0.717, 1.165) is 11.1 Å². The lowest BCUT2D eigenvalue weighted by Crippen LogP contribution is -2.38. The van der Waals surface area contributed by atoms with Crippen LogP contribution >= 0.6 is 0 Å². The van der Waals surface area contributed by atoms with Gasteiger partial charge in [-0.05, 0) is 48.7 Å². The first-order valence-corrected chi connectivity index (χ1v) is 8.44. The van der Waals surface area contributed by atoms with Crippen molar-refractivity contribution in [1.82, 2.24) is 10.6 Å². The average molecular weight is 361 g/mol. The molecule has 0 fully saturated rings. The number of ether oxygens (including phenoxy) is 1. The Balaban J connectivity index is 1.99. The molecule has 0 radical (unpaired) electrons. The molecule has 1 unspecified atom stereocenters. The molecule has 0 saturated carbocycles. The van der Waals surface area contributed by atoms with Crippen LogP contribution in [0.1, 0.15) is 35.2 Å². The Bertz CT molecular complexity index is 778. The minimum atomic E-state index is -0.284. The Hall–Kier alpha value is -2.47. The molecule has 1 atom stereocenters. The summed E-state index contributed by atoms with van der Waals surface area (Å²) in [7, 11) is 3.20. The van der Waals surface area contributed by atoms with E-state index in [9.17, 15) is 8.78 Å². The number of halogens is 2. The predicted molar refractivity (Wildman–Crippen MR) is 100.0 cm³/mol. The van der Waals surface area contributed by atoms with Crippen molar-refractivity contribution in [3.8, 4) is 0 Å². The quantitative estimate of drug-likeness (QED) is 0.607. The lowest BCUT2D eigenvalue weighted by molar-refractivity contribution is 0.181. The summed E-state index contributed by atoms with van der Waals surface area (Å²) in [6.07, 6.45) is 0. The molecule has 26 heavy (non-hydrogen) atoms. The monoisotopic (exact) mass is 361 g/mol. The van der Waals surface area contributed by atoms with E-state index >= 15 is 0 Å². The standard InChI is InChI=1S/C20H25F2N3O/c1-13-5-7-16(10-19(13)22)14(2)25-20(23-3)24-11-15-6-8-18(21)17(9-15)12-26-4/h5-10,14H,11-12H2,1-4H3,(H2,23,24,25). The number of aliphatic imine (C=N–C) groups is 1. The summed E-state index contributed by atoms with van der Waals surface area (Å²) in [4.78, 5) is 4.19. The highest BCUT2D eigenvalue weighted by atomic mass is 19.1. The summed E-state index contributed by atoms with van der Waals surface area (Å²) in [5.74, 6) is 0.0697. The number of methoxy groups -OCH3 is 1. The third-order valence-corrected chi connectivity index (χ3v) is 4.14. The van der Waals surface area contributed by atoms with Gasteiger partial charge in [-0.3, -0.25) is 4.99 Å². The van der Waals surface area contributed by atoms with Crippen LogP contribution in [-0.2, 0) is 17.9 Å². The zero-order chi connectivity index (χ0) is 19.1. The van der Waals surface area contributed by atoms with Crippen LogP contribution in [-0.4, -0.2) is 20.1 Å². The Morgan fingerprint density at radius 3 is 2.58 bits per heavy atom. The zero-order valence-corrected chi connectivity index (χ0v) is 15.6. The number of aryl methyl sites for hydroxylation is 1. The average Bonchev–Trinajstić information content (AvgIpc) is 2.63. The topological polar surface area (TPSA) is 45.7 Å². The molecule has 0 aromatic heterocycles. The summed E-state index contributed by atoms with van der Waals surface area (Å²) in [5.41, 5.74) is 2.88. The fraction of sp³-hybridized carbons (Fsp3) is 0.350. The molecule has 0 heterocycles. The second-order valence-electron chi connectivity index (χ2n) is 6.16. The maximum atomic E-state index is 13.7. The normalized spacial score (nSPS) is 12.8. The second kappa shape index (κ2) is 9.29. The summed E-state index contributed by atoms with van der Waals surface area (Å²) >= 11 is 0. The van der Waals surface area contributed by atoms with Gasteiger partial charge in [0.05, 0.1) is 12.6 Å². The Morgan fingerprint density at radius 2 is 1.92 bits per heavy atom. The lowest BCUT2D eigenvalue weighted by Gasteiger charge is -2.19. The van der Waals surface area contributed by atoms with Crippen molar-refractivity contribution in [3.63, 3.8) is 0 Å². The molecule has 0 aliphatic carbocycles. The zero-order valence-electron chi connectivity index (χ0n) is 15.6. The summed E-state index contributed by atoms with van der Waals surface area (Å²) in [6.45, 7) is 4.37. The number of nitrogens with one attached hydrogen (secondary N) is 2. The lowest BCUT2D eigenvalue weighted by atomic mass is 10.1. The number of guanidine groups is 1. The van der Waals surface area contributed by atoms with Crippen LogP contribution in [0.15, 0.2) is 41.4 Å². The van der Waals surface area contributed by atoms with Gasteiger partial charge in [0.1, 0.15) is 11.6 Å². The van der Waals surface area contributed by atoms with E-state index in [-0.39, 0.29) is 24.3 Å². The van der Waals surface area contributed by atoms with Gasteiger partial charge < -0.3 is 15.4 Å². The van der Waals surface area contributed by atoms with Crippen LogP contribution < -0.4 is 10.6 Å². The molecular weight excluding hydrogens is 336 g/mol. The van der Waals surface area contributed by atoms with Gasteiger partial charge in [-0.25, -0.2) is 8.78 Å². The van der Waals surface area contributed by atoms with Gasteiger partial charge in [-0.1, -0.05) is 18.2 Å². The maximum absolute atomic E-state index is 13.7. The Morgan fingerprint density at radius 1 is 1.15 bits per heavy atom. The molecule has 0 aliphatic rings. The van der Waals surface area contributed by atoms with Crippen LogP contribution in [0.3, 0.4) is 0 Å². The van der Waals surface area contributed by atoms with E-state index in [1.54, 1.807) is 32.2 Å². The van der Waals surface area contributed by atoms with E-state index < -0.39 is 0 Å². The SMILES string of the molecule is CN=C(NCc1ccc(F)c(COC)c1)NC(C)c1ccc(C)c(F)c1. The molecule has 140 valence electrons. The third kappa shape index (κ3) is 5.26. The van der Waals surface area contributed by atoms with Crippen molar-refractivity contribution in [1.29, 1.82) is 0 Å². The molecule has 2 rings (SSSR count). The fourth-order valence-electron chi connectivity index (χ4n) is 2.55. The van der Waals surface area contributed by atoms with Crippen molar-refractivity contribution in [2.75, 3.05) is 14.2 Å². The predicted octanol–water partition coefficient (Wildman–Crippen LogP) is 3.85. The van der Waals surface area contributed by atoms with Crippen molar-refractivity contribution in [2.45, 2.75) is 33.0 Å². The van der Waals surface area contributed by atoms with Gasteiger partial charge >= 0.3 is 0 Å². The van der Waals surface area contributed by atoms with Crippen molar-refractivity contribution in [3.05, 3.63) is 70.3 Å². The molecule has 4 nitrogen and oxygen atoms in total. The molecule has 2 N–H and O–H groups in total. The van der Waals surface area contributed by atoms with Crippen LogP contribution in [0.25, 0.3) is 0 Å². The molecule has 2 aromatic rings. The van der Waals surface area contributed by atoms with Gasteiger partial charge in [0.2, 0.25) is 0 Å². The molecule has 0 amide bonds. The van der Waals surface area contributed by atoms with Crippen LogP contribution in [0.2, 0.25) is 0 Å². The maximum Gasteiger partial charge on any atom is 0.191 e. The Kier molecular flexibility index (Phi) is 7.09. The number of hydrogen-bond acceptors (Lipinski definition) is 2. The van der Waals surface area contributed by atoms with Crippen LogP contribution in [0.4, 0.5) is 8.78 Å². The first kappa shape index (κ1) is 19.8. The van der Waals surface area contributed by atoms with Crippen molar-refractivity contribution in [2.24, 2.45) is 4.99 Å². The molecular formula is C20H25F2N3O. The smallest absolute Gasteiger partial charge is 0.191 e. The molecule has 0 aliphatic heterocycles. The van der Waals surface area contributed by atoms with Crippen molar-refractivity contribution < 1.29 is 13.5 Å². The fourth-order valence-corrected chi connectivity index (χ4v) is 2.55. The minimum absolute atomic E-state index is 0.117. The summed E-state index contributed by atoms with van der Waals surface area (Å²) in [6, 6.07) is 9.96. The van der Waals surface area contributed by atoms with Crippen LogP contribution in [0, 0.1) is 18.6 Å². The highest BCUT2D eigenvalue weighted by molar-refractivity contribution is 5.80. The number of benzene rings is 2. The molecule has 0 bridgehead atoms. The van der Waals surface area contributed by atoms with Gasteiger partial charge in [-0.2, -0.15) is 0 Å². The van der Waals surface area contributed by atoms with Gasteiger partial charge in [0, 0.05) is 26.3 Å². The van der Waals surface area contributed by atoms with Gasteiger partial charge in [0.15, 0.2) is 5.96 Å². The first-order valence-electron chi connectivity index (χ1n) is 8.44. The van der Waals surface area contributed by atoms with E-state index in [1.807, 2.05) is 13.0 Å². The third-order valence-electron chi connectivity index (χ3n) is 4.14. The highest BCUT2D eigenvalue weighted by Gasteiger charge is 2.10. The summed E-state index contributed by atoms with van der Waals surface area (Å²) in [5, 5.41) is 6.41. The summed E-state index contributed by atoms with van der Waals surface area (Å²) < 4.78 is 32.4. The molecule has 2 aromatic carbocycles. The van der Waals surface area contributed by atoms with E-state index in [4.69, 9.17) is 4.74 Å². The molecule has 0 spiro atoms. The van der Waals surface area contributed by atoms with Gasteiger partial charge in [0.25, 0.3) is 0 Å².